The Hall–Kier alpha value is -0.260. The molecule has 0 bridgehead atoms. The van der Waals surface area contributed by atoms with Crippen molar-refractivity contribution in [3.63, 3.8) is 0 Å². The van der Waals surface area contributed by atoms with Crippen molar-refractivity contribution >= 4 is 0 Å². The number of hydrogen-bond acceptors (Lipinski definition) is 0. The van der Waals surface area contributed by atoms with E-state index in [9.17, 15) is 0 Å². The zero-order valence-electron chi connectivity index (χ0n) is 15.7. The first-order valence-electron chi connectivity index (χ1n) is 9.58. The van der Waals surface area contributed by atoms with Crippen molar-refractivity contribution in [2.75, 3.05) is 0 Å². The Morgan fingerprint density at radius 2 is 1.05 bits per heavy atom. The summed E-state index contributed by atoms with van der Waals surface area (Å²) in [4.78, 5) is 0. The number of hydrogen-bond donors (Lipinski definition) is 0. The van der Waals surface area contributed by atoms with E-state index in [1.54, 1.807) is 0 Å². The van der Waals surface area contributed by atoms with Gasteiger partial charge in [0.05, 0.1) is 0 Å². The minimum atomic E-state index is 0.701. The molecule has 0 spiro atoms. The van der Waals surface area contributed by atoms with E-state index in [-0.39, 0.29) is 0 Å². The van der Waals surface area contributed by atoms with Gasteiger partial charge in [0.1, 0.15) is 0 Å². The molecule has 126 valence electrons. The summed E-state index contributed by atoms with van der Waals surface area (Å²) >= 11 is 0. The molecule has 0 radical (unpaired) electrons. The summed E-state index contributed by atoms with van der Waals surface area (Å²) in [6.45, 7) is 15.7. The molecule has 0 rings (SSSR count). The molecular weight excluding hydrogens is 252 g/mol. The van der Waals surface area contributed by atoms with E-state index < -0.39 is 0 Å². The van der Waals surface area contributed by atoms with Gasteiger partial charge in [0.2, 0.25) is 0 Å². The van der Waals surface area contributed by atoms with Crippen molar-refractivity contribution in [1.29, 1.82) is 0 Å². The van der Waals surface area contributed by atoms with Crippen LogP contribution in [0.25, 0.3) is 0 Å². The van der Waals surface area contributed by atoms with Gasteiger partial charge in [0, 0.05) is 0 Å². The molecule has 0 nitrogen and oxygen atoms in total. The lowest BCUT2D eigenvalue weighted by atomic mass is 9.91. The van der Waals surface area contributed by atoms with Crippen LogP contribution in [0.15, 0.2) is 12.7 Å². The summed E-state index contributed by atoms with van der Waals surface area (Å²) in [5.41, 5.74) is 0. The molecule has 0 N–H and O–H groups in total. The first kappa shape index (κ1) is 20.7. The lowest BCUT2D eigenvalue weighted by Crippen LogP contribution is -2.00. The molecule has 0 aliphatic heterocycles. The van der Waals surface area contributed by atoms with E-state index in [1.807, 2.05) is 0 Å². The molecule has 0 saturated carbocycles. The number of rotatable bonds is 14. The maximum Gasteiger partial charge on any atom is -0.0265 e. The highest BCUT2D eigenvalue weighted by molar-refractivity contribution is 4.74. The monoisotopic (exact) mass is 294 g/mol. The van der Waals surface area contributed by atoms with Crippen LogP contribution >= 0.6 is 0 Å². The van der Waals surface area contributed by atoms with Crippen molar-refractivity contribution in [3.05, 3.63) is 12.7 Å². The molecule has 0 aromatic carbocycles. The number of unbranched alkanes of at least 4 members (excludes halogenated alkanes) is 1. The summed E-state index contributed by atoms with van der Waals surface area (Å²) in [5.74, 6) is 3.43. The highest BCUT2D eigenvalue weighted by Gasteiger charge is 2.06. The van der Waals surface area contributed by atoms with E-state index in [0.717, 1.165) is 17.8 Å². The molecule has 0 amide bonds. The van der Waals surface area contributed by atoms with Gasteiger partial charge in [-0.2, -0.15) is 0 Å². The van der Waals surface area contributed by atoms with Crippen molar-refractivity contribution in [2.45, 2.75) is 98.8 Å². The number of allylic oxidation sites excluding steroid dienone is 1. The van der Waals surface area contributed by atoms with E-state index in [0.29, 0.717) is 5.92 Å². The van der Waals surface area contributed by atoms with Crippen LogP contribution < -0.4 is 0 Å². The van der Waals surface area contributed by atoms with E-state index in [1.165, 1.54) is 64.2 Å². The van der Waals surface area contributed by atoms with Gasteiger partial charge in [-0.15, -0.1) is 6.58 Å². The van der Waals surface area contributed by atoms with Crippen LogP contribution in [0.2, 0.25) is 0 Å². The summed E-state index contributed by atoms with van der Waals surface area (Å²) in [6.07, 6.45) is 16.2. The molecule has 0 aromatic heterocycles. The minimum absolute atomic E-state index is 0.701. The van der Waals surface area contributed by atoms with Crippen molar-refractivity contribution in [3.8, 4) is 0 Å². The van der Waals surface area contributed by atoms with Crippen molar-refractivity contribution in [2.24, 2.45) is 23.7 Å². The lowest BCUT2D eigenvalue weighted by Gasteiger charge is -2.15. The summed E-state index contributed by atoms with van der Waals surface area (Å²) in [5, 5.41) is 0. The van der Waals surface area contributed by atoms with Crippen LogP contribution in [0.3, 0.4) is 0 Å². The Morgan fingerprint density at radius 1 is 0.619 bits per heavy atom. The summed E-state index contributed by atoms with van der Waals surface area (Å²) in [6, 6.07) is 0. The van der Waals surface area contributed by atoms with Crippen molar-refractivity contribution < 1.29 is 0 Å². The third-order valence-corrected chi connectivity index (χ3v) is 4.88. The molecule has 3 unspecified atom stereocenters. The maximum atomic E-state index is 3.86. The summed E-state index contributed by atoms with van der Waals surface area (Å²) < 4.78 is 0. The topological polar surface area (TPSA) is 0 Å². The van der Waals surface area contributed by atoms with Gasteiger partial charge in [-0.3, -0.25) is 0 Å². The summed E-state index contributed by atoms with van der Waals surface area (Å²) in [7, 11) is 0. The normalized spacial score (nSPS) is 15.9. The molecule has 0 aliphatic rings. The third kappa shape index (κ3) is 14.4. The van der Waals surface area contributed by atoms with Crippen LogP contribution in [0.4, 0.5) is 0 Å². The van der Waals surface area contributed by atoms with Gasteiger partial charge in [-0.25, -0.2) is 0 Å². The Bertz CT molecular complexity index is 228. The van der Waals surface area contributed by atoms with E-state index in [2.05, 4.69) is 47.3 Å². The minimum Gasteiger partial charge on any atom is -0.103 e. The maximum absolute atomic E-state index is 3.86. The van der Waals surface area contributed by atoms with Gasteiger partial charge >= 0.3 is 0 Å². The van der Waals surface area contributed by atoms with Gasteiger partial charge in [0.25, 0.3) is 0 Å². The molecule has 0 aromatic rings. The lowest BCUT2D eigenvalue weighted by molar-refractivity contribution is 0.384. The van der Waals surface area contributed by atoms with Gasteiger partial charge in [0.15, 0.2) is 0 Å². The Morgan fingerprint density at radius 3 is 1.52 bits per heavy atom. The second-order valence-corrected chi connectivity index (χ2v) is 7.96. The zero-order chi connectivity index (χ0) is 16.1. The zero-order valence-corrected chi connectivity index (χ0v) is 15.7. The van der Waals surface area contributed by atoms with Crippen LogP contribution in [0.5, 0.6) is 0 Å². The molecule has 0 aliphatic carbocycles. The molecular formula is C21H42. The quantitative estimate of drug-likeness (QED) is 0.228. The average molecular weight is 295 g/mol. The fourth-order valence-corrected chi connectivity index (χ4v) is 3.05. The second-order valence-electron chi connectivity index (χ2n) is 7.96. The van der Waals surface area contributed by atoms with Gasteiger partial charge < -0.3 is 0 Å². The highest BCUT2D eigenvalue weighted by Crippen LogP contribution is 2.22. The highest BCUT2D eigenvalue weighted by atomic mass is 14.1. The van der Waals surface area contributed by atoms with Gasteiger partial charge in [-0.1, -0.05) is 98.5 Å². The molecule has 3 atom stereocenters. The van der Waals surface area contributed by atoms with Crippen LogP contribution in [0, 0.1) is 23.7 Å². The standard InChI is InChI=1S/C21H42/c1-7-19(4)13-8-9-14-20(5)16-11-17-21(6)15-10-12-18(2)3/h7,18-21H,1,8-17H2,2-6H3. The second kappa shape index (κ2) is 13.4. The molecule has 21 heavy (non-hydrogen) atoms. The van der Waals surface area contributed by atoms with Crippen LogP contribution in [-0.2, 0) is 0 Å². The Balaban J connectivity index is 3.43. The van der Waals surface area contributed by atoms with E-state index >= 15 is 0 Å². The van der Waals surface area contributed by atoms with Crippen LogP contribution in [-0.4, -0.2) is 0 Å². The van der Waals surface area contributed by atoms with Gasteiger partial charge in [-0.05, 0) is 30.1 Å². The predicted molar refractivity (Wildman–Crippen MR) is 98.7 cm³/mol. The van der Waals surface area contributed by atoms with Crippen LogP contribution in [0.1, 0.15) is 98.8 Å². The smallest absolute Gasteiger partial charge is 0.0265 e. The third-order valence-electron chi connectivity index (χ3n) is 4.88. The first-order chi connectivity index (χ1) is 9.95. The fraction of sp³-hybridized carbons (Fsp3) is 0.905. The SMILES string of the molecule is C=CC(C)CCCCC(C)CCCC(C)CCCC(C)C. The molecule has 0 fully saturated rings. The molecule has 0 saturated heterocycles. The van der Waals surface area contributed by atoms with Crippen molar-refractivity contribution in [1.82, 2.24) is 0 Å². The predicted octanol–water partition coefficient (Wildman–Crippen LogP) is 7.64. The largest absolute Gasteiger partial charge is 0.103 e. The average Bonchev–Trinajstić information content (AvgIpc) is 2.42. The Labute approximate surface area is 135 Å². The Kier molecular flexibility index (Phi) is 13.2. The first-order valence-corrected chi connectivity index (χ1v) is 9.58. The molecule has 0 heterocycles. The fourth-order valence-electron chi connectivity index (χ4n) is 3.05. The molecule has 0 heteroatoms. The van der Waals surface area contributed by atoms with E-state index in [4.69, 9.17) is 0 Å².